The molecule has 0 aliphatic carbocycles. The summed E-state index contributed by atoms with van der Waals surface area (Å²) in [6, 6.07) is 49.7. The highest BCUT2D eigenvalue weighted by atomic mass is 15.1. The Morgan fingerprint density at radius 2 is 0.746 bits per heavy atom. The molecule has 0 spiro atoms. The van der Waals surface area contributed by atoms with Gasteiger partial charge in [0, 0.05) is 38.0 Å². The predicted octanol–water partition coefficient (Wildman–Crippen LogP) is 16.7. The largest absolute Gasteiger partial charge is 0.319 e. The van der Waals surface area contributed by atoms with Crippen LogP contribution in [0.2, 0.25) is 0 Å². The predicted molar refractivity (Wildman–Crippen MR) is 271 cm³/mol. The molecule has 0 aliphatic heterocycles. The van der Waals surface area contributed by atoms with E-state index < -0.39 is 0 Å². The first-order valence-corrected chi connectivity index (χ1v) is 22.5. The zero-order valence-corrected chi connectivity index (χ0v) is 39.0. The van der Waals surface area contributed by atoms with Gasteiger partial charge in [-0.25, -0.2) is 4.85 Å². The number of hydrogen-bond acceptors (Lipinski definition) is 0. The minimum atomic E-state index is -0.0465. The second-order valence-corrected chi connectivity index (χ2v) is 21.9. The van der Waals surface area contributed by atoms with E-state index in [4.69, 9.17) is 0 Å². The van der Waals surface area contributed by atoms with E-state index in [0.717, 1.165) is 60.9 Å². The van der Waals surface area contributed by atoms with Gasteiger partial charge < -0.3 is 13.7 Å². The minimum absolute atomic E-state index is 0.0342. The van der Waals surface area contributed by atoms with Crippen LogP contribution in [0.25, 0.3) is 87.3 Å². The van der Waals surface area contributed by atoms with E-state index in [9.17, 15) is 6.57 Å². The normalized spacial score (nSPS) is 13.1. The van der Waals surface area contributed by atoms with E-state index in [1.807, 2.05) is 0 Å². The van der Waals surface area contributed by atoms with Crippen molar-refractivity contribution in [1.82, 2.24) is 13.7 Å². The molecule has 0 radical (unpaired) electrons. The van der Waals surface area contributed by atoms with Gasteiger partial charge in [-0.2, -0.15) is 0 Å². The van der Waals surface area contributed by atoms with Crippen LogP contribution in [0.15, 0.2) is 133 Å². The molecule has 314 valence electrons. The highest BCUT2D eigenvalue weighted by molar-refractivity contribution is 6.19. The second-order valence-electron chi connectivity index (χ2n) is 21.9. The van der Waals surface area contributed by atoms with Gasteiger partial charge in [-0.1, -0.05) is 144 Å². The van der Waals surface area contributed by atoms with Crippen molar-refractivity contribution in [2.75, 3.05) is 0 Å². The maximum atomic E-state index is 9.40. The van der Waals surface area contributed by atoms with Gasteiger partial charge in [0.2, 0.25) is 5.69 Å². The van der Waals surface area contributed by atoms with Gasteiger partial charge in [0.05, 0.1) is 51.0 Å². The van der Waals surface area contributed by atoms with Crippen LogP contribution < -0.4 is 0 Å². The van der Waals surface area contributed by atoms with E-state index >= 15 is 0 Å². The number of nitrogens with zero attached hydrogens (tertiary/aromatic N) is 4. The first-order chi connectivity index (χ1) is 29.8. The van der Waals surface area contributed by atoms with Crippen molar-refractivity contribution < 1.29 is 0 Å². The van der Waals surface area contributed by atoms with Crippen LogP contribution in [0.3, 0.4) is 0 Å². The number of hydrogen-bond donors (Lipinski definition) is 0. The molecule has 4 nitrogen and oxygen atoms in total. The van der Waals surface area contributed by atoms with Crippen molar-refractivity contribution in [1.29, 1.82) is 0 Å². The highest BCUT2D eigenvalue weighted by Gasteiger charge is 2.30. The van der Waals surface area contributed by atoms with Gasteiger partial charge in [0.1, 0.15) is 0 Å². The third-order valence-electron chi connectivity index (χ3n) is 13.5. The molecule has 63 heavy (non-hydrogen) atoms. The molecule has 0 aliphatic rings. The molecule has 4 heteroatoms. The number of fused-ring (bicyclic) bond motifs is 9. The second kappa shape index (κ2) is 13.7. The van der Waals surface area contributed by atoms with E-state index in [1.165, 1.54) is 43.8 Å². The zero-order valence-electron chi connectivity index (χ0n) is 39.0. The van der Waals surface area contributed by atoms with Gasteiger partial charge in [-0.05, 0) is 117 Å². The molecule has 7 aromatic carbocycles. The Morgan fingerprint density at radius 1 is 0.365 bits per heavy atom. The summed E-state index contributed by atoms with van der Waals surface area (Å²) < 4.78 is 7.20. The van der Waals surface area contributed by atoms with Crippen molar-refractivity contribution in [3.63, 3.8) is 0 Å². The lowest BCUT2D eigenvalue weighted by Crippen LogP contribution is -2.10. The van der Waals surface area contributed by atoms with Crippen molar-refractivity contribution in [3.8, 4) is 17.1 Å². The van der Waals surface area contributed by atoms with Crippen LogP contribution >= 0.6 is 0 Å². The fourth-order valence-corrected chi connectivity index (χ4v) is 9.83. The fourth-order valence-electron chi connectivity index (χ4n) is 9.83. The van der Waals surface area contributed by atoms with Crippen molar-refractivity contribution in [3.05, 3.63) is 167 Å². The summed E-state index contributed by atoms with van der Waals surface area (Å²) in [5.74, 6) is 0. The fraction of sp³-hybridized carbons (Fsp3) is 0.271. The molecule has 10 rings (SSSR count). The lowest BCUT2D eigenvalue weighted by Gasteiger charge is -2.21. The SMILES string of the molecule is [C-]#[N+]c1c(-n2c3ccc(C(C)(C)C)cc3c3cc(C(C)(C)C)ccc32)cc2c3ccccc3n(-c3ccccc3)c2c1-n1c2ccc(C(C)(C)C)cc2c2cc(C(C)(C)C)ccc21. The quantitative estimate of drug-likeness (QED) is 0.158. The molecular formula is C59H58N4. The van der Waals surface area contributed by atoms with Crippen LogP contribution in [0.4, 0.5) is 5.69 Å². The standard InChI is InChI=1S/C59H58N4/c1-56(2,3)36-23-27-48-42(31-36)43-32-37(57(4,5)6)24-28-49(43)62(48)52-35-46-41-21-17-18-22-47(41)61(40-19-15-14-16-20-40)54(46)55(53(52)60-13)63-50-29-25-38(58(7,8)9)33-44(50)45-34-39(59(10,11)12)26-30-51(45)63/h14-35H,1-12H3. The van der Waals surface area contributed by atoms with E-state index in [1.54, 1.807) is 0 Å². The van der Waals surface area contributed by atoms with E-state index in [-0.39, 0.29) is 21.7 Å². The van der Waals surface area contributed by atoms with Gasteiger partial charge >= 0.3 is 0 Å². The third-order valence-corrected chi connectivity index (χ3v) is 13.5. The monoisotopic (exact) mass is 822 g/mol. The average molecular weight is 823 g/mol. The molecule has 0 amide bonds. The first kappa shape index (κ1) is 40.5. The third kappa shape index (κ3) is 6.30. The summed E-state index contributed by atoms with van der Waals surface area (Å²) in [6.07, 6.45) is 0. The Labute approximate surface area is 372 Å². The Morgan fingerprint density at radius 3 is 1.16 bits per heavy atom. The zero-order chi connectivity index (χ0) is 44.5. The summed E-state index contributed by atoms with van der Waals surface area (Å²) in [5.41, 5.74) is 14.9. The Balaban J connectivity index is 1.46. The summed E-state index contributed by atoms with van der Waals surface area (Å²) in [7, 11) is 0. The first-order valence-electron chi connectivity index (χ1n) is 22.5. The Kier molecular flexibility index (Phi) is 8.82. The highest BCUT2D eigenvalue weighted by Crippen LogP contribution is 2.49. The lowest BCUT2D eigenvalue weighted by atomic mass is 9.85. The summed E-state index contributed by atoms with van der Waals surface area (Å²) in [5, 5.41) is 7.05. The number of aromatic nitrogens is 3. The number of para-hydroxylation sites is 2. The van der Waals surface area contributed by atoms with Crippen LogP contribution in [0.1, 0.15) is 105 Å². The molecule has 0 unspecified atom stereocenters. The van der Waals surface area contributed by atoms with Crippen molar-refractivity contribution in [2.24, 2.45) is 0 Å². The van der Waals surface area contributed by atoms with Crippen LogP contribution in [-0.2, 0) is 21.7 Å². The average Bonchev–Trinajstić information content (AvgIpc) is 3.86. The molecule has 0 bridgehead atoms. The topological polar surface area (TPSA) is 19.1 Å². The van der Waals surface area contributed by atoms with Crippen molar-refractivity contribution >= 4 is 71.1 Å². The number of rotatable bonds is 3. The summed E-state index contributed by atoms with van der Waals surface area (Å²) in [6.45, 7) is 36.8. The summed E-state index contributed by atoms with van der Waals surface area (Å²) in [4.78, 5) is 4.69. The maximum Gasteiger partial charge on any atom is 0.236 e. The molecule has 0 saturated heterocycles. The van der Waals surface area contributed by atoms with Gasteiger partial charge in [0.25, 0.3) is 0 Å². The maximum absolute atomic E-state index is 9.40. The molecular weight excluding hydrogens is 765 g/mol. The van der Waals surface area contributed by atoms with Crippen LogP contribution in [-0.4, -0.2) is 13.7 Å². The van der Waals surface area contributed by atoms with Gasteiger partial charge in [-0.15, -0.1) is 0 Å². The van der Waals surface area contributed by atoms with E-state index in [2.05, 4.69) is 235 Å². The molecule has 10 aromatic rings. The Hall–Kier alpha value is -6.57. The Bertz CT molecular complexity index is 3390. The van der Waals surface area contributed by atoms with Crippen molar-refractivity contribution in [2.45, 2.75) is 105 Å². The smallest absolute Gasteiger partial charge is 0.236 e. The van der Waals surface area contributed by atoms with Crippen LogP contribution in [0, 0.1) is 6.57 Å². The summed E-state index contributed by atoms with van der Waals surface area (Å²) >= 11 is 0. The van der Waals surface area contributed by atoms with Gasteiger partial charge in [-0.3, -0.25) is 0 Å². The minimum Gasteiger partial charge on any atom is -0.319 e. The molecule has 3 aromatic heterocycles. The molecule has 0 atom stereocenters. The van der Waals surface area contributed by atoms with Gasteiger partial charge in [0.15, 0.2) is 0 Å². The molecule has 3 heterocycles. The number of benzene rings is 7. The lowest BCUT2D eigenvalue weighted by molar-refractivity contribution is 0.590. The molecule has 0 saturated carbocycles. The molecule has 0 N–H and O–H groups in total. The molecule has 0 fully saturated rings. The van der Waals surface area contributed by atoms with E-state index in [0.29, 0.717) is 5.69 Å². The van der Waals surface area contributed by atoms with Crippen LogP contribution in [0.5, 0.6) is 0 Å².